The first-order chi connectivity index (χ1) is 15.2. The number of H-pyrrole nitrogens is 1. The third kappa shape index (κ3) is 4.72. The molecular weight excluding hydrogens is 384 g/mol. The molecule has 0 atom stereocenters. The fraction of sp³-hybridized carbons (Fsp3) is 0.192. The highest BCUT2D eigenvalue weighted by atomic mass is 16.1. The molecule has 3 aromatic heterocycles. The van der Waals surface area contributed by atoms with Crippen molar-refractivity contribution < 1.29 is 4.79 Å². The molecule has 0 aliphatic rings. The molecule has 5 heteroatoms. The van der Waals surface area contributed by atoms with E-state index in [0.717, 1.165) is 63.9 Å². The van der Waals surface area contributed by atoms with E-state index < -0.39 is 0 Å². The van der Waals surface area contributed by atoms with E-state index in [-0.39, 0.29) is 5.91 Å². The number of carbonyl (C=O) groups is 1. The lowest BCUT2D eigenvalue weighted by Gasteiger charge is -2.07. The largest absolute Gasteiger partial charge is 0.346 e. The summed E-state index contributed by atoms with van der Waals surface area (Å²) in [7, 11) is 0. The zero-order chi connectivity index (χ0) is 21.6. The monoisotopic (exact) mass is 410 g/mol. The van der Waals surface area contributed by atoms with Gasteiger partial charge in [-0.2, -0.15) is 0 Å². The zero-order valence-electron chi connectivity index (χ0n) is 17.9. The smallest absolute Gasteiger partial charge is 0.248 e. The third-order valence-electron chi connectivity index (χ3n) is 5.21. The molecule has 0 saturated heterocycles. The molecule has 0 unspecified atom stereocenters. The quantitative estimate of drug-likeness (QED) is 0.359. The Bertz CT molecular complexity index is 1240. The SMILES string of the molecule is CCC/C=C/C(=O)Nc1cccc(-c2cnc3[nH]cc(-c4ccnc(CC)c4)c3c2)c1. The van der Waals surface area contributed by atoms with Crippen molar-refractivity contribution in [2.45, 2.75) is 33.1 Å². The summed E-state index contributed by atoms with van der Waals surface area (Å²) < 4.78 is 0. The van der Waals surface area contributed by atoms with Gasteiger partial charge in [-0.3, -0.25) is 9.78 Å². The van der Waals surface area contributed by atoms with Gasteiger partial charge >= 0.3 is 0 Å². The molecule has 4 aromatic rings. The van der Waals surface area contributed by atoms with Crippen LogP contribution < -0.4 is 5.32 Å². The second-order valence-electron chi connectivity index (χ2n) is 7.47. The topological polar surface area (TPSA) is 70.7 Å². The number of anilines is 1. The molecule has 0 aliphatic carbocycles. The van der Waals surface area contributed by atoms with E-state index in [9.17, 15) is 4.79 Å². The number of nitrogens with one attached hydrogen (secondary N) is 2. The van der Waals surface area contributed by atoms with E-state index in [2.05, 4.69) is 46.2 Å². The number of hydrogen-bond donors (Lipinski definition) is 2. The number of benzene rings is 1. The highest BCUT2D eigenvalue weighted by Crippen LogP contribution is 2.31. The van der Waals surface area contributed by atoms with Crippen molar-refractivity contribution in [3.63, 3.8) is 0 Å². The predicted molar refractivity (Wildman–Crippen MR) is 127 cm³/mol. The average molecular weight is 411 g/mol. The molecule has 4 rings (SSSR count). The predicted octanol–water partition coefficient (Wildman–Crippen LogP) is 6.15. The van der Waals surface area contributed by atoms with Crippen LogP contribution in [0.4, 0.5) is 5.69 Å². The van der Waals surface area contributed by atoms with Gasteiger partial charge in [-0.25, -0.2) is 4.98 Å². The van der Waals surface area contributed by atoms with E-state index in [1.807, 2.05) is 55.0 Å². The van der Waals surface area contributed by atoms with Crippen LogP contribution in [0.1, 0.15) is 32.4 Å². The van der Waals surface area contributed by atoms with E-state index in [1.54, 1.807) is 6.08 Å². The lowest BCUT2D eigenvalue weighted by molar-refractivity contribution is -0.111. The van der Waals surface area contributed by atoms with Crippen molar-refractivity contribution in [3.05, 3.63) is 78.9 Å². The maximum Gasteiger partial charge on any atom is 0.248 e. The van der Waals surface area contributed by atoms with Crippen molar-refractivity contribution in [3.8, 4) is 22.3 Å². The fourth-order valence-corrected chi connectivity index (χ4v) is 3.56. The van der Waals surface area contributed by atoms with E-state index in [1.165, 1.54) is 0 Å². The van der Waals surface area contributed by atoms with Crippen molar-refractivity contribution in [1.82, 2.24) is 15.0 Å². The van der Waals surface area contributed by atoms with Crippen molar-refractivity contribution >= 4 is 22.6 Å². The van der Waals surface area contributed by atoms with Gasteiger partial charge in [-0.1, -0.05) is 38.5 Å². The van der Waals surface area contributed by atoms with Crippen LogP contribution in [-0.4, -0.2) is 20.9 Å². The number of hydrogen-bond acceptors (Lipinski definition) is 3. The first-order valence-corrected chi connectivity index (χ1v) is 10.7. The van der Waals surface area contributed by atoms with Crippen LogP contribution >= 0.6 is 0 Å². The molecule has 5 nitrogen and oxygen atoms in total. The molecule has 0 bridgehead atoms. The van der Waals surface area contributed by atoms with Gasteiger partial charge in [0.1, 0.15) is 5.65 Å². The normalized spacial score (nSPS) is 11.3. The van der Waals surface area contributed by atoms with Gasteiger partial charge in [0, 0.05) is 46.5 Å². The van der Waals surface area contributed by atoms with E-state index in [4.69, 9.17) is 0 Å². The van der Waals surface area contributed by atoms with Gasteiger partial charge in [0.25, 0.3) is 0 Å². The molecule has 0 aliphatic heterocycles. The minimum Gasteiger partial charge on any atom is -0.346 e. The number of rotatable bonds is 7. The number of aromatic nitrogens is 3. The van der Waals surface area contributed by atoms with Gasteiger partial charge < -0.3 is 10.3 Å². The van der Waals surface area contributed by atoms with Crippen LogP contribution in [-0.2, 0) is 11.2 Å². The third-order valence-corrected chi connectivity index (χ3v) is 5.21. The van der Waals surface area contributed by atoms with Crippen LogP contribution in [0.5, 0.6) is 0 Å². The summed E-state index contributed by atoms with van der Waals surface area (Å²) in [6.07, 6.45) is 12.0. The summed E-state index contributed by atoms with van der Waals surface area (Å²) in [5.41, 5.74) is 6.90. The van der Waals surface area contributed by atoms with E-state index in [0.29, 0.717) is 0 Å². The Hall–Kier alpha value is -3.73. The number of pyridine rings is 2. The zero-order valence-corrected chi connectivity index (χ0v) is 17.9. The van der Waals surface area contributed by atoms with Gasteiger partial charge in [0.05, 0.1) is 0 Å². The Balaban J connectivity index is 1.65. The lowest BCUT2D eigenvalue weighted by Crippen LogP contribution is -2.07. The first kappa shape index (κ1) is 20.5. The fourth-order valence-electron chi connectivity index (χ4n) is 3.56. The summed E-state index contributed by atoms with van der Waals surface area (Å²) in [6.45, 7) is 4.19. The van der Waals surface area contributed by atoms with E-state index >= 15 is 0 Å². The Morgan fingerprint density at radius 2 is 1.97 bits per heavy atom. The number of unbranched alkanes of at least 4 members (excludes halogenated alkanes) is 1. The summed E-state index contributed by atoms with van der Waals surface area (Å²) in [4.78, 5) is 24.4. The molecule has 0 fully saturated rings. The number of aryl methyl sites for hydroxylation is 1. The van der Waals surface area contributed by atoms with Gasteiger partial charge in [-0.05, 0) is 60.4 Å². The lowest BCUT2D eigenvalue weighted by atomic mass is 10.0. The summed E-state index contributed by atoms with van der Waals surface area (Å²) in [5.74, 6) is -0.114. The number of fused-ring (bicyclic) bond motifs is 1. The number of nitrogens with zero attached hydrogens (tertiary/aromatic N) is 2. The summed E-state index contributed by atoms with van der Waals surface area (Å²) in [6, 6.07) is 14.1. The van der Waals surface area contributed by atoms with Crippen LogP contribution in [0.3, 0.4) is 0 Å². The Kier molecular flexibility index (Phi) is 6.22. The molecular formula is C26H26N4O. The van der Waals surface area contributed by atoms with Crippen LogP contribution in [0.25, 0.3) is 33.3 Å². The molecule has 0 spiro atoms. The first-order valence-electron chi connectivity index (χ1n) is 10.7. The van der Waals surface area contributed by atoms with Gasteiger partial charge in [0.2, 0.25) is 5.91 Å². The standard InChI is InChI=1S/C26H26N4O/c1-3-5-6-10-25(31)30-22-9-7-8-18(13-22)20-15-23-24(17-29-26(23)28-16-20)19-11-12-27-21(4-2)14-19/h6-17H,3-5H2,1-2H3,(H,28,29)(H,30,31)/b10-6+. The summed E-state index contributed by atoms with van der Waals surface area (Å²) in [5, 5.41) is 3.99. The molecule has 156 valence electrons. The van der Waals surface area contributed by atoms with Crippen molar-refractivity contribution in [2.75, 3.05) is 5.32 Å². The molecule has 3 heterocycles. The molecule has 0 saturated carbocycles. The second kappa shape index (κ2) is 9.39. The molecule has 1 amide bonds. The van der Waals surface area contributed by atoms with Gasteiger partial charge in [0.15, 0.2) is 0 Å². The van der Waals surface area contributed by atoms with Gasteiger partial charge in [-0.15, -0.1) is 0 Å². The molecule has 1 aromatic carbocycles. The minimum absolute atomic E-state index is 0.114. The highest BCUT2D eigenvalue weighted by Gasteiger charge is 2.10. The number of aromatic amines is 1. The van der Waals surface area contributed by atoms with Crippen molar-refractivity contribution in [1.29, 1.82) is 0 Å². The number of allylic oxidation sites excluding steroid dienone is 1. The molecule has 31 heavy (non-hydrogen) atoms. The number of amides is 1. The van der Waals surface area contributed by atoms with Crippen LogP contribution in [0.2, 0.25) is 0 Å². The molecule has 2 N–H and O–H groups in total. The molecule has 0 radical (unpaired) electrons. The maximum absolute atomic E-state index is 12.1. The maximum atomic E-state index is 12.1. The minimum atomic E-state index is -0.114. The highest BCUT2D eigenvalue weighted by molar-refractivity contribution is 6.00. The van der Waals surface area contributed by atoms with Crippen LogP contribution in [0, 0.1) is 0 Å². The summed E-state index contributed by atoms with van der Waals surface area (Å²) >= 11 is 0. The van der Waals surface area contributed by atoms with Crippen LogP contribution in [0.15, 0.2) is 73.2 Å². The Morgan fingerprint density at radius 3 is 2.81 bits per heavy atom. The number of carbonyl (C=O) groups excluding carboxylic acids is 1. The average Bonchev–Trinajstić information content (AvgIpc) is 3.23. The van der Waals surface area contributed by atoms with Crippen molar-refractivity contribution in [2.24, 2.45) is 0 Å². The Labute approximate surface area is 182 Å². The Morgan fingerprint density at radius 1 is 1.06 bits per heavy atom. The second-order valence-corrected chi connectivity index (χ2v) is 7.47.